The van der Waals surface area contributed by atoms with Gasteiger partial charge in [-0.25, -0.2) is 22.8 Å². The van der Waals surface area contributed by atoms with Crippen LogP contribution in [0.15, 0.2) is 79.4 Å². The minimum Gasteiger partial charge on any atom is -0.382 e. The molecule has 0 radical (unpaired) electrons. The standard InChI is InChI=1S/C34H39F3N6O/c35-27-5-1-25(2-6-27)19-26-3-8-29(9-4-26)40-30-11-17-42(18-12-30)31-13-15-41(16-14-31)21-34(44,22-43-24-38-23-39-43)32-10-7-28(36)20-33(32)37/h1-10,20,23-24,30-31,40,44H,11-19,21-22H2. The number of β-amino-alcohol motifs (C(OH)–C–C–N with tert-alkyl or cyclic N) is 1. The summed E-state index contributed by atoms with van der Waals surface area (Å²) in [5.41, 5.74) is 1.89. The molecule has 6 rings (SSSR count). The van der Waals surface area contributed by atoms with Crippen LogP contribution in [0.1, 0.15) is 42.4 Å². The van der Waals surface area contributed by atoms with Crippen LogP contribution in [0.3, 0.4) is 0 Å². The van der Waals surface area contributed by atoms with Crippen LogP contribution in [0, 0.1) is 17.5 Å². The number of nitrogens with one attached hydrogen (secondary N) is 1. The van der Waals surface area contributed by atoms with Gasteiger partial charge < -0.3 is 15.3 Å². The number of halogens is 3. The Kier molecular flexibility index (Phi) is 9.30. The second kappa shape index (κ2) is 13.5. The molecule has 2 saturated heterocycles. The third-order valence-corrected chi connectivity index (χ3v) is 9.06. The minimum absolute atomic E-state index is 0.0208. The first-order valence-corrected chi connectivity index (χ1v) is 15.4. The Labute approximate surface area is 256 Å². The van der Waals surface area contributed by atoms with E-state index in [0.29, 0.717) is 12.1 Å². The van der Waals surface area contributed by atoms with Crippen molar-refractivity contribution in [1.82, 2.24) is 24.6 Å². The molecule has 0 saturated carbocycles. The maximum absolute atomic E-state index is 14.8. The molecule has 1 atom stereocenters. The lowest BCUT2D eigenvalue weighted by atomic mass is 9.90. The SMILES string of the molecule is OC(CN1CCC(N2CCC(Nc3ccc(Cc4ccc(F)cc4)cc3)CC2)CC1)(Cn1cncn1)c1ccc(F)cc1F. The van der Waals surface area contributed by atoms with Crippen molar-refractivity contribution in [2.75, 3.05) is 38.0 Å². The molecule has 2 aliphatic rings. The van der Waals surface area contributed by atoms with Crippen LogP contribution in [-0.4, -0.2) is 74.5 Å². The molecule has 2 N–H and O–H groups in total. The highest BCUT2D eigenvalue weighted by molar-refractivity contribution is 5.46. The van der Waals surface area contributed by atoms with E-state index in [1.807, 2.05) is 12.1 Å². The number of anilines is 1. The van der Waals surface area contributed by atoms with Gasteiger partial charge in [-0.2, -0.15) is 5.10 Å². The van der Waals surface area contributed by atoms with Gasteiger partial charge in [0.1, 0.15) is 35.7 Å². The van der Waals surface area contributed by atoms with Crippen LogP contribution in [0.4, 0.5) is 18.9 Å². The van der Waals surface area contributed by atoms with E-state index in [9.17, 15) is 18.3 Å². The third kappa shape index (κ3) is 7.49. The average molecular weight is 605 g/mol. The van der Waals surface area contributed by atoms with Gasteiger partial charge >= 0.3 is 0 Å². The molecular formula is C34H39F3N6O. The van der Waals surface area contributed by atoms with Crippen molar-refractivity contribution in [3.05, 3.63) is 114 Å². The fourth-order valence-electron chi connectivity index (χ4n) is 6.68. The molecule has 232 valence electrons. The summed E-state index contributed by atoms with van der Waals surface area (Å²) in [6.45, 7) is 3.87. The fraction of sp³-hybridized carbons (Fsp3) is 0.412. The molecule has 0 spiro atoms. The normalized spacial score (nSPS) is 18.7. The topological polar surface area (TPSA) is 69.5 Å². The van der Waals surface area contributed by atoms with E-state index in [1.54, 1.807) is 0 Å². The van der Waals surface area contributed by atoms with Crippen LogP contribution >= 0.6 is 0 Å². The van der Waals surface area contributed by atoms with Crippen LogP contribution < -0.4 is 5.32 Å². The number of benzene rings is 3. The van der Waals surface area contributed by atoms with Crippen molar-refractivity contribution in [2.24, 2.45) is 0 Å². The highest BCUT2D eigenvalue weighted by Crippen LogP contribution is 2.30. The average Bonchev–Trinajstić information content (AvgIpc) is 3.53. The number of piperidine rings is 2. The Hall–Kier alpha value is -3.73. The van der Waals surface area contributed by atoms with Crippen LogP contribution in [0.5, 0.6) is 0 Å². The molecule has 1 unspecified atom stereocenters. The summed E-state index contributed by atoms with van der Waals surface area (Å²) in [7, 11) is 0. The first-order valence-electron chi connectivity index (χ1n) is 15.4. The number of nitrogens with zero attached hydrogens (tertiary/aromatic N) is 5. The molecule has 3 heterocycles. The van der Waals surface area contributed by atoms with Gasteiger partial charge in [0.25, 0.3) is 0 Å². The van der Waals surface area contributed by atoms with Gasteiger partial charge in [0.2, 0.25) is 0 Å². The first-order chi connectivity index (χ1) is 21.3. The van der Waals surface area contributed by atoms with E-state index in [-0.39, 0.29) is 24.5 Å². The van der Waals surface area contributed by atoms with E-state index < -0.39 is 17.2 Å². The maximum atomic E-state index is 14.8. The van der Waals surface area contributed by atoms with Gasteiger partial charge in [-0.1, -0.05) is 30.3 Å². The number of likely N-dealkylation sites (tertiary alicyclic amines) is 2. The molecule has 44 heavy (non-hydrogen) atoms. The van der Waals surface area contributed by atoms with Crippen molar-refractivity contribution < 1.29 is 18.3 Å². The maximum Gasteiger partial charge on any atom is 0.137 e. The van der Waals surface area contributed by atoms with E-state index in [1.165, 1.54) is 47.2 Å². The Morgan fingerprint density at radius 2 is 1.45 bits per heavy atom. The second-order valence-electron chi connectivity index (χ2n) is 12.2. The summed E-state index contributed by atoms with van der Waals surface area (Å²) in [6, 6.07) is 19.4. The van der Waals surface area contributed by atoms with Gasteiger partial charge in [-0.3, -0.25) is 4.90 Å². The Morgan fingerprint density at radius 3 is 2.09 bits per heavy atom. The van der Waals surface area contributed by atoms with Gasteiger partial charge in [0.05, 0.1) is 6.54 Å². The number of hydrogen-bond acceptors (Lipinski definition) is 6. The van der Waals surface area contributed by atoms with E-state index in [2.05, 4.69) is 49.5 Å². The predicted octanol–water partition coefficient (Wildman–Crippen LogP) is 5.21. The lowest BCUT2D eigenvalue weighted by molar-refractivity contribution is -0.0323. The predicted molar refractivity (Wildman–Crippen MR) is 164 cm³/mol. The second-order valence-corrected chi connectivity index (χ2v) is 12.2. The zero-order valence-corrected chi connectivity index (χ0v) is 24.8. The van der Waals surface area contributed by atoms with Crippen molar-refractivity contribution in [1.29, 1.82) is 0 Å². The van der Waals surface area contributed by atoms with Crippen molar-refractivity contribution >= 4 is 5.69 Å². The van der Waals surface area contributed by atoms with E-state index in [4.69, 9.17) is 0 Å². The molecule has 0 aliphatic carbocycles. The monoisotopic (exact) mass is 604 g/mol. The molecular weight excluding hydrogens is 565 g/mol. The van der Waals surface area contributed by atoms with E-state index >= 15 is 0 Å². The first kappa shape index (κ1) is 30.3. The molecule has 3 aromatic carbocycles. The lowest BCUT2D eigenvalue weighted by Gasteiger charge is -2.43. The van der Waals surface area contributed by atoms with Crippen LogP contribution in [0.25, 0.3) is 0 Å². The van der Waals surface area contributed by atoms with Crippen molar-refractivity contribution in [2.45, 2.75) is 56.3 Å². The van der Waals surface area contributed by atoms with E-state index in [0.717, 1.165) is 75.6 Å². The molecule has 2 aliphatic heterocycles. The summed E-state index contributed by atoms with van der Waals surface area (Å²) < 4.78 is 43.1. The fourth-order valence-corrected chi connectivity index (χ4v) is 6.68. The zero-order valence-electron chi connectivity index (χ0n) is 24.8. The molecule has 7 nitrogen and oxygen atoms in total. The third-order valence-electron chi connectivity index (χ3n) is 9.06. The van der Waals surface area contributed by atoms with Crippen molar-refractivity contribution in [3.63, 3.8) is 0 Å². The summed E-state index contributed by atoms with van der Waals surface area (Å²) in [6.07, 6.45) is 7.72. The molecule has 10 heteroatoms. The summed E-state index contributed by atoms with van der Waals surface area (Å²) in [4.78, 5) is 8.70. The van der Waals surface area contributed by atoms with Crippen LogP contribution in [0.2, 0.25) is 0 Å². The van der Waals surface area contributed by atoms with Crippen molar-refractivity contribution in [3.8, 4) is 0 Å². The number of aliphatic hydroxyl groups is 1. The minimum atomic E-state index is -1.58. The summed E-state index contributed by atoms with van der Waals surface area (Å²) >= 11 is 0. The Bertz CT molecular complexity index is 1480. The molecule has 2 fully saturated rings. The largest absolute Gasteiger partial charge is 0.382 e. The number of aromatic nitrogens is 3. The van der Waals surface area contributed by atoms with Gasteiger partial charge in [-0.15, -0.1) is 0 Å². The summed E-state index contributed by atoms with van der Waals surface area (Å²) in [5.74, 6) is -1.65. The number of hydrogen-bond donors (Lipinski definition) is 2. The van der Waals surface area contributed by atoms with Gasteiger partial charge in [0, 0.05) is 49.0 Å². The van der Waals surface area contributed by atoms with Gasteiger partial charge in [-0.05, 0) is 86.7 Å². The highest BCUT2D eigenvalue weighted by atomic mass is 19.1. The quantitative estimate of drug-likeness (QED) is 0.259. The van der Waals surface area contributed by atoms with Gasteiger partial charge in [0.15, 0.2) is 0 Å². The highest BCUT2D eigenvalue weighted by Gasteiger charge is 2.37. The molecule has 0 bridgehead atoms. The Balaban J connectivity index is 0.979. The molecule has 1 aromatic heterocycles. The van der Waals surface area contributed by atoms with Crippen LogP contribution in [-0.2, 0) is 18.6 Å². The number of rotatable bonds is 10. The smallest absolute Gasteiger partial charge is 0.137 e. The Morgan fingerprint density at radius 1 is 0.795 bits per heavy atom. The summed E-state index contributed by atoms with van der Waals surface area (Å²) in [5, 5.41) is 19.5. The molecule has 4 aromatic rings. The zero-order chi connectivity index (χ0) is 30.5. The molecule has 0 amide bonds. The lowest BCUT2D eigenvalue weighted by Crippen LogP contribution is -2.52.